The third-order valence-electron chi connectivity index (χ3n) is 22.2. The van der Waals surface area contributed by atoms with Crippen LogP contribution in [0.2, 0.25) is 25.1 Å². The lowest BCUT2D eigenvalue weighted by molar-refractivity contribution is -0.142. The number of amides is 5. The third-order valence-corrected chi connectivity index (χ3v) is 24.0. The lowest BCUT2D eigenvalue weighted by Crippen LogP contribution is -2.44. The van der Waals surface area contributed by atoms with E-state index in [9.17, 15) is 89.8 Å². The number of nitrogens with one attached hydrogen (secondary N) is 5. The van der Waals surface area contributed by atoms with E-state index in [0.29, 0.717) is 108 Å². The van der Waals surface area contributed by atoms with Gasteiger partial charge in [0.05, 0.1) is 0 Å². The maximum absolute atomic E-state index is 13.0. The van der Waals surface area contributed by atoms with Gasteiger partial charge >= 0.3 is 30.9 Å². The Kier molecular flexibility index (Phi) is 43.7. The van der Waals surface area contributed by atoms with E-state index in [1.165, 1.54) is 43.8 Å². The quantitative estimate of drug-likeness (QED) is 0.0235. The molecule has 2 fully saturated rings. The van der Waals surface area contributed by atoms with E-state index in [2.05, 4.69) is 67.9 Å². The van der Waals surface area contributed by atoms with E-state index in [1.54, 1.807) is 109 Å². The first-order chi connectivity index (χ1) is 65.1. The summed E-state index contributed by atoms with van der Waals surface area (Å²) >= 11 is 31.0. The number of rotatable bonds is 34. The second kappa shape index (κ2) is 53.4. The van der Waals surface area contributed by atoms with Gasteiger partial charge in [0.15, 0.2) is 28.5 Å². The number of aromatic nitrogens is 10. The maximum atomic E-state index is 13.0. The van der Waals surface area contributed by atoms with Crippen molar-refractivity contribution in [1.29, 1.82) is 0 Å². The summed E-state index contributed by atoms with van der Waals surface area (Å²) in [4.78, 5) is 82.2. The molecule has 2 atom stereocenters. The zero-order chi connectivity index (χ0) is 101. The number of carbonyl (C=O) groups excluding carboxylic acids is 5. The summed E-state index contributed by atoms with van der Waals surface area (Å²) in [6.07, 6.45) is -15.7. The van der Waals surface area contributed by atoms with Gasteiger partial charge in [-0.05, 0) is 170 Å². The highest BCUT2D eigenvalue weighted by molar-refractivity contribution is 6.32. The molecule has 0 saturated carbocycles. The molecule has 754 valence electrons. The van der Waals surface area contributed by atoms with Crippen molar-refractivity contribution >= 4 is 87.5 Å². The average molecular weight is 2050 g/mol. The Labute approximate surface area is 815 Å². The predicted octanol–water partition coefficient (Wildman–Crippen LogP) is 20.7. The van der Waals surface area contributed by atoms with Gasteiger partial charge in [-0.1, -0.05) is 190 Å². The van der Waals surface area contributed by atoms with Crippen molar-refractivity contribution in [3.63, 3.8) is 0 Å². The van der Waals surface area contributed by atoms with Crippen LogP contribution < -0.4 is 0 Å². The Balaban J connectivity index is 0.000000212. The highest BCUT2D eigenvalue weighted by Gasteiger charge is 2.40. The molecule has 25 nitrogen and oxygen atoms in total. The van der Waals surface area contributed by atoms with Gasteiger partial charge in [-0.3, -0.25) is 49.5 Å². The number of piperidine rings is 1. The maximum Gasteiger partial charge on any atom is 0.432 e. The van der Waals surface area contributed by atoms with E-state index in [0.717, 1.165) is 118 Å². The minimum atomic E-state index is -4.58. The SMILES string of the molecule is CC1CC(C)CN(CCN(Cc2ccccc2Cl)C(=O)c2cc(C(F)(F)F)[nH]n2)C1.CCN(CC)CCCN(Cc1ccccc1Cl)C(=O)c1cc(C(F)(F)F)[nH]n1.CN(C)CCCN(Cc1ccccc1Cl)C(=O)c1cc(C(F)(F)F)[nH]n1.CN(C)CCN(Cc1ccccc1Cl)C(=O)c1cc(C(F)(F)F)[nH]n1.O=C(c1cc(C(F)(F)F)[nH]n1)N(CCN1CCCCCC1)Cc1ccccc1Cl. The summed E-state index contributed by atoms with van der Waals surface area (Å²) in [6.45, 7) is 20.3. The van der Waals surface area contributed by atoms with E-state index in [4.69, 9.17) is 58.0 Å². The van der Waals surface area contributed by atoms with Crippen LogP contribution in [-0.2, 0) is 63.6 Å². The highest BCUT2D eigenvalue weighted by Crippen LogP contribution is 2.35. The van der Waals surface area contributed by atoms with Crippen LogP contribution in [0.5, 0.6) is 0 Å². The van der Waals surface area contributed by atoms with E-state index >= 15 is 0 Å². The molecule has 2 aliphatic heterocycles. The van der Waals surface area contributed by atoms with Crippen molar-refractivity contribution in [2.45, 2.75) is 136 Å². The minimum Gasteiger partial charge on any atom is -0.333 e. The van der Waals surface area contributed by atoms with Crippen LogP contribution in [0.1, 0.15) is 181 Å². The molecular weight excluding hydrogens is 1940 g/mol. The number of halogens is 20. The molecule has 5 amide bonds. The second-order valence-electron chi connectivity index (χ2n) is 33.7. The Morgan fingerprint density at radius 2 is 0.572 bits per heavy atom. The number of hydrogen-bond acceptors (Lipinski definition) is 15. The van der Waals surface area contributed by atoms with Crippen molar-refractivity contribution in [2.75, 3.05) is 133 Å². The normalized spacial score (nSPS) is 14.5. The topological polar surface area (TPSA) is 261 Å². The summed E-state index contributed by atoms with van der Waals surface area (Å²) in [7, 11) is 7.50. The molecule has 2 aliphatic rings. The van der Waals surface area contributed by atoms with Gasteiger partial charge in [-0.2, -0.15) is 91.3 Å². The fourth-order valence-corrected chi connectivity index (χ4v) is 15.9. The first kappa shape index (κ1) is 113. The van der Waals surface area contributed by atoms with Crippen LogP contribution in [0.3, 0.4) is 0 Å². The van der Waals surface area contributed by atoms with Crippen LogP contribution in [0.25, 0.3) is 0 Å². The van der Waals surface area contributed by atoms with Gasteiger partial charge < -0.3 is 49.0 Å². The summed E-state index contributed by atoms with van der Waals surface area (Å²) in [5.74, 6) is -1.69. The number of H-pyrrole nitrogens is 5. The lowest BCUT2D eigenvalue weighted by atomic mass is 9.92. The molecule has 5 aromatic heterocycles. The first-order valence-corrected chi connectivity index (χ1v) is 46.2. The van der Waals surface area contributed by atoms with Gasteiger partial charge in [0, 0.05) is 154 Å². The van der Waals surface area contributed by atoms with Gasteiger partial charge in [0.25, 0.3) is 29.5 Å². The fourth-order valence-electron chi connectivity index (χ4n) is 14.9. The number of hydrogen-bond donors (Lipinski definition) is 5. The molecule has 138 heavy (non-hydrogen) atoms. The molecule has 2 saturated heterocycles. The van der Waals surface area contributed by atoms with E-state index in [-0.39, 0.29) is 61.2 Å². The molecule has 0 spiro atoms. The van der Waals surface area contributed by atoms with Gasteiger partial charge in [0.1, 0.15) is 28.5 Å². The summed E-state index contributed by atoms with van der Waals surface area (Å²) in [5, 5.41) is 29.8. The molecule has 10 aromatic rings. The van der Waals surface area contributed by atoms with Gasteiger partial charge in [-0.25, -0.2) is 0 Å². The number of benzene rings is 5. The van der Waals surface area contributed by atoms with Crippen LogP contribution in [0.4, 0.5) is 65.9 Å². The molecule has 45 heteroatoms. The number of likely N-dealkylation sites (N-methyl/N-ethyl adjacent to an activating group) is 1. The average Bonchev–Trinajstić information content (AvgIpc) is 1.68. The first-order valence-electron chi connectivity index (χ1n) is 44.3. The van der Waals surface area contributed by atoms with E-state index in [1.807, 2.05) is 75.6 Å². The molecule has 7 heterocycles. The molecule has 12 rings (SSSR count). The molecule has 0 bridgehead atoms. The molecule has 5 N–H and O–H groups in total. The van der Waals surface area contributed by atoms with Crippen LogP contribution in [0, 0.1) is 11.8 Å². The van der Waals surface area contributed by atoms with Gasteiger partial charge in [-0.15, -0.1) is 0 Å². The monoisotopic (exact) mass is 2050 g/mol. The highest BCUT2D eigenvalue weighted by atomic mass is 35.5. The van der Waals surface area contributed by atoms with Crippen LogP contribution in [-0.4, -0.2) is 262 Å². The van der Waals surface area contributed by atoms with Crippen molar-refractivity contribution in [3.05, 3.63) is 262 Å². The van der Waals surface area contributed by atoms with Crippen molar-refractivity contribution < 1.29 is 89.8 Å². The number of likely N-dealkylation sites (tertiary alicyclic amines) is 2. The van der Waals surface area contributed by atoms with Crippen molar-refractivity contribution in [2.24, 2.45) is 11.8 Å². The number of nitrogens with zero attached hydrogens (tertiary/aromatic N) is 15. The summed E-state index contributed by atoms with van der Waals surface area (Å²) in [6, 6.07) is 39.1. The Morgan fingerprint density at radius 1 is 0.333 bits per heavy atom. The molecule has 0 radical (unpaired) electrons. The Hall–Kier alpha value is -10.3. The lowest BCUT2D eigenvalue weighted by Gasteiger charge is -2.36. The predicted molar refractivity (Wildman–Crippen MR) is 497 cm³/mol. The van der Waals surface area contributed by atoms with Crippen LogP contribution in [0.15, 0.2) is 152 Å². The Morgan fingerprint density at radius 3 is 0.812 bits per heavy atom. The smallest absolute Gasteiger partial charge is 0.333 e. The Bertz CT molecular complexity index is 5450. The second-order valence-corrected chi connectivity index (χ2v) is 35.8. The van der Waals surface area contributed by atoms with Crippen molar-refractivity contribution in [1.82, 2.24) is 100.0 Å². The van der Waals surface area contributed by atoms with Crippen molar-refractivity contribution in [3.8, 4) is 0 Å². The molecule has 0 aliphatic carbocycles. The van der Waals surface area contributed by atoms with E-state index < -0.39 is 88.9 Å². The third kappa shape index (κ3) is 36.4. The molecular formula is C93H112Cl5F15N20O5. The molecule has 2 unspecified atom stereocenters. The zero-order valence-corrected chi connectivity index (χ0v) is 81.0. The van der Waals surface area contributed by atoms with Gasteiger partial charge in [0.2, 0.25) is 0 Å². The summed E-state index contributed by atoms with van der Waals surface area (Å²) < 4.78 is 192. The number of alkyl halides is 15. The zero-order valence-electron chi connectivity index (χ0n) is 77.2. The van der Waals surface area contributed by atoms with Crippen LogP contribution >= 0.6 is 58.0 Å². The molecule has 5 aromatic carbocycles. The fraction of sp³-hybridized carbons (Fsp3) is 0.462. The largest absolute Gasteiger partial charge is 0.432 e. The number of aromatic amines is 5. The minimum absolute atomic E-state index is 0.181. The summed E-state index contributed by atoms with van der Waals surface area (Å²) in [5.41, 5.74) is -2.90. The standard InChI is InChI=1S/C21H26ClF3N4O.C20H24ClF3N4O.C19H24ClF3N4O.C17H20ClF3N4O.C16H18ClF3N4O/c1-14-9-15(2)12-28(11-14)7-8-29(13-16-5-3-4-6-17(16)22)20(30)18-10-19(27-26-18)21(23,24)25;21-16-8-4-3-7-15(16)14-28(12-11-27-9-5-1-2-6-10-27)19(29)17-13-18(26-25-17)20(22,23)24;1-3-26(4-2)10-7-11-27(13-14-8-5-6-9-15(14)20)18(28)16-12-17(25-24-16)19(21,22)23;1-24(2)8-5-9-25(11-12-6-3-4-7-13(12)18)16(26)14-10-15(23-22-14)17(19,20)21;1-23(2)7-8-24(10-11-5-3-4-6-12(11)17)15(25)13-9-14(22-21-13)16(18,19)20/h3-6,10,14-15H,7-9,11-13H2,1-2H3,(H,26,27);3-4,7-8,13H,1-2,5-6,9-12,14H2,(H,25,26);5-6,8-9,12H,3-4,7,10-11,13H2,1-2H3,(H,24,25);3-4,6-7,10H,5,8-9,11H2,1-2H3,(H,22,23);3-6,9H,7-8,10H2,1-2H3,(H,21,22). The number of carbonyl (C=O) groups is 5.